The molecule has 0 unspecified atom stereocenters. The van der Waals surface area contributed by atoms with Gasteiger partial charge in [0.25, 0.3) is 5.56 Å². The molecule has 120 valence electrons. The third kappa shape index (κ3) is 2.32. The first kappa shape index (κ1) is 14.6. The quantitative estimate of drug-likeness (QED) is 0.742. The molecule has 1 aliphatic rings. The molecule has 0 N–H and O–H groups in total. The van der Waals surface area contributed by atoms with E-state index >= 15 is 0 Å². The van der Waals surface area contributed by atoms with Crippen molar-refractivity contribution in [3.05, 3.63) is 44.6 Å². The Hall–Kier alpha value is -1.95. The molecule has 1 atom stereocenters. The number of aromatic nitrogens is 4. The van der Waals surface area contributed by atoms with Crippen molar-refractivity contribution in [2.24, 2.45) is 0 Å². The van der Waals surface area contributed by atoms with E-state index in [4.69, 9.17) is 0 Å². The Kier molecular flexibility index (Phi) is 3.37. The molecule has 0 saturated heterocycles. The lowest BCUT2D eigenvalue weighted by Crippen LogP contribution is -2.27. The lowest BCUT2D eigenvalue weighted by Gasteiger charge is -2.16. The predicted molar refractivity (Wildman–Crippen MR) is 92.3 cm³/mol. The molecule has 0 fully saturated rings. The van der Waals surface area contributed by atoms with Gasteiger partial charge in [0.1, 0.15) is 4.83 Å². The molecule has 23 heavy (non-hydrogen) atoms. The first-order chi connectivity index (χ1) is 11.0. The van der Waals surface area contributed by atoms with E-state index in [0.29, 0.717) is 6.54 Å². The summed E-state index contributed by atoms with van der Waals surface area (Å²) < 4.78 is 3.73. The summed E-state index contributed by atoms with van der Waals surface area (Å²) in [5, 5.41) is 5.35. The maximum absolute atomic E-state index is 13.0. The van der Waals surface area contributed by atoms with E-state index in [2.05, 4.69) is 23.1 Å². The maximum Gasteiger partial charge on any atom is 0.262 e. The summed E-state index contributed by atoms with van der Waals surface area (Å²) >= 11 is 1.69. The first-order valence-electron chi connectivity index (χ1n) is 8.07. The van der Waals surface area contributed by atoms with Crippen LogP contribution in [0.2, 0.25) is 0 Å². The summed E-state index contributed by atoms with van der Waals surface area (Å²) in [5.41, 5.74) is 3.47. The van der Waals surface area contributed by atoms with Crippen molar-refractivity contribution in [2.45, 2.75) is 52.6 Å². The third-order valence-corrected chi connectivity index (χ3v) is 5.87. The van der Waals surface area contributed by atoms with Crippen molar-refractivity contribution in [1.82, 2.24) is 19.3 Å². The van der Waals surface area contributed by atoms with Gasteiger partial charge in [-0.25, -0.2) is 4.98 Å². The van der Waals surface area contributed by atoms with Crippen molar-refractivity contribution < 1.29 is 0 Å². The molecule has 0 spiro atoms. The Labute approximate surface area is 138 Å². The number of nitrogens with zero attached hydrogens (tertiary/aromatic N) is 4. The van der Waals surface area contributed by atoms with Crippen LogP contribution in [0.4, 0.5) is 0 Å². The van der Waals surface area contributed by atoms with E-state index in [-0.39, 0.29) is 11.6 Å². The number of rotatable bonds is 3. The lowest BCUT2D eigenvalue weighted by atomic mass is 10.2. The molecule has 3 aromatic heterocycles. The Morgan fingerprint density at radius 1 is 1.35 bits per heavy atom. The van der Waals surface area contributed by atoms with E-state index in [0.717, 1.165) is 40.9 Å². The van der Waals surface area contributed by atoms with Crippen LogP contribution in [-0.4, -0.2) is 19.3 Å². The molecule has 0 aromatic carbocycles. The second-order valence-electron chi connectivity index (χ2n) is 6.45. The van der Waals surface area contributed by atoms with Gasteiger partial charge >= 0.3 is 0 Å². The Morgan fingerprint density at radius 3 is 2.91 bits per heavy atom. The molecule has 1 aliphatic carbocycles. The third-order valence-electron chi connectivity index (χ3n) is 4.67. The predicted octanol–water partition coefficient (Wildman–Crippen LogP) is 3.02. The average Bonchev–Trinajstić information content (AvgIpc) is 3.14. The molecular formula is C17H20N4OS. The van der Waals surface area contributed by atoms with E-state index in [1.54, 1.807) is 22.2 Å². The van der Waals surface area contributed by atoms with Gasteiger partial charge in [-0.05, 0) is 51.7 Å². The fourth-order valence-corrected chi connectivity index (χ4v) is 4.73. The van der Waals surface area contributed by atoms with Gasteiger partial charge in [0.15, 0.2) is 0 Å². The van der Waals surface area contributed by atoms with Crippen LogP contribution >= 0.6 is 11.3 Å². The monoisotopic (exact) mass is 328 g/mol. The highest BCUT2D eigenvalue weighted by atomic mass is 32.1. The highest BCUT2D eigenvalue weighted by Gasteiger charge is 2.22. The molecule has 0 saturated carbocycles. The largest absolute Gasteiger partial charge is 0.294 e. The molecule has 0 bridgehead atoms. The number of aryl methyl sites for hydroxylation is 4. The van der Waals surface area contributed by atoms with Gasteiger partial charge in [-0.1, -0.05) is 0 Å². The van der Waals surface area contributed by atoms with Crippen LogP contribution < -0.4 is 5.56 Å². The van der Waals surface area contributed by atoms with Gasteiger partial charge in [-0.2, -0.15) is 5.10 Å². The minimum atomic E-state index is 0.0225. The van der Waals surface area contributed by atoms with Gasteiger partial charge in [-0.3, -0.25) is 14.0 Å². The van der Waals surface area contributed by atoms with Crippen LogP contribution in [-0.2, 0) is 19.4 Å². The normalized spacial score (nSPS) is 15.3. The second-order valence-corrected chi connectivity index (χ2v) is 7.54. The van der Waals surface area contributed by atoms with Crippen LogP contribution in [0, 0.1) is 13.8 Å². The first-order valence-corrected chi connectivity index (χ1v) is 8.88. The molecule has 3 aromatic rings. The maximum atomic E-state index is 13.0. The van der Waals surface area contributed by atoms with Crippen molar-refractivity contribution in [1.29, 1.82) is 0 Å². The highest BCUT2D eigenvalue weighted by molar-refractivity contribution is 7.18. The van der Waals surface area contributed by atoms with Crippen molar-refractivity contribution in [3.8, 4) is 0 Å². The zero-order chi connectivity index (χ0) is 16.1. The van der Waals surface area contributed by atoms with Crippen molar-refractivity contribution >= 4 is 21.6 Å². The zero-order valence-electron chi connectivity index (χ0n) is 13.7. The van der Waals surface area contributed by atoms with Crippen LogP contribution in [0.5, 0.6) is 0 Å². The van der Waals surface area contributed by atoms with E-state index in [9.17, 15) is 4.79 Å². The molecule has 0 amide bonds. The lowest BCUT2D eigenvalue weighted by molar-refractivity contribution is 0.419. The van der Waals surface area contributed by atoms with E-state index in [1.807, 2.05) is 18.5 Å². The Balaban J connectivity index is 1.75. The smallest absolute Gasteiger partial charge is 0.262 e. The van der Waals surface area contributed by atoms with Crippen LogP contribution in [0.15, 0.2) is 17.2 Å². The van der Waals surface area contributed by atoms with Crippen molar-refractivity contribution in [2.75, 3.05) is 0 Å². The van der Waals surface area contributed by atoms with Crippen molar-refractivity contribution in [3.63, 3.8) is 0 Å². The van der Waals surface area contributed by atoms with Gasteiger partial charge in [0.2, 0.25) is 0 Å². The van der Waals surface area contributed by atoms with E-state index < -0.39 is 0 Å². The van der Waals surface area contributed by atoms with Crippen LogP contribution in [0.25, 0.3) is 10.2 Å². The fraction of sp³-hybridized carbons (Fsp3) is 0.471. The van der Waals surface area contributed by atoms with Gasteiger partial charge in [0, 0.05) is 10.6 Å². The molecule has 5 nitrogen and oxygen atoms in total. The number of fused-ring (bicyclic) bond motifs is 3. The number of hydrogen-bond acceptors (Lipinski definition) is 4. The zero-order valence-corrected chi connectivity index (χ0v) is 14.5. The Morgan fingerprint density at radius 2 is 2.17 bits per heavy atom. The van der Waals surface area contributed by atoms with Gasteiger partial charge in [0.05, 0.1) is 30.0 Å². The summed E-state index contributed by atoms with van der Waals surface area (Å²) in [7, 11) is 0. The summed E-state index contributed by atoms with van der Waals surface area (Å²) in [5.74, 6) is 0. The average molecular weight is 328 g/mol. The summed E-state index contributed by atoms with van der Waals surface area (Å²) in [6.45, 7) is 6.77. The summed E-state index contributed by atoms with van der Waals surface area (Å²) in [4.78, 5) is 19.8. The Bertz CT molecular complexity index is 950. The fourth-order valence-electron chi connectivity index (χ4n) is 3.51. The molecule has 6 heteroatoms. The minimum absolute atomic E-state index is 0.0225. The van der Waals surface area contributed by atoms with Gasteiger partial charge < -0.3 is 0 Å². The van der Waals surface area contributed by atoms with Crippen LogP contribution in [0.1, 0.15) is 41.2 Å². The highest BCUT2D eigenvalue weighted by Crippen LogP contribution is 2.34. The molecule has 4 rings (SSSR count). The minimum Gasteiger partial charge on any atom is -0.294 e. The molecule has 3 heterocycles. The summed E-state index contributed by atoms with van der Waals surface area (Å²) in [6, 6.07) is 2.08. The SMILES string of the molecule is Cc1cc(C)n(C[C@H](C)n2cnc3sc4c(c3c2=O)CCC4)n1. The van der Waals surface area contributed by atoms with Crippen LogP contribution in [0.3, 0.4) is 0 Å². The van der Waals surface area contributed by atoms with Gasteiger partial charge in [-0.15, -0.1) is 11.3 Å². The van der Waals surface area contributed by atoms with E-state index in [1.165, 1.54) is 10.4 Å². The number of hydrogen-bond donors (Lipinski definition) is 0. The molecule has 0 aliphatic heterocycles. The second kappa shape index (κ2) is 5.30. The standard InChI is InChI=1S/C17H20N4OS/c1-10-7-11(2)21(19-10)8-12(3)20-9-18-16-15(17(20)22)13-5-4-6-14(13)23-16/h7,9,12H,4-6,8H2,1-3H3/t12-/m0/s1. The number of thiophene rings is 1. The molecular weight excluding hydrogens is 308 g/mol. The topological polar surface area (TPSA) is 52.7 Å². The molecule has 0 radical (unpaired) electrons. The summed E-state index contributed by atoms with van der Waals surface area (Å²) in [6.07, 6.45) is 4.97.